The van der Waals surface area contributed by atoms with Gasteiger partial charge in [-0.1, -0.05) is 6.07 Å². The lowest BCUT2D eigenvalue weighted by Crippen LogP contribution is -2.44. The molecule has 2 aliphatic rings. The lowest BCUT2D eigenvalue weighted by Gasteiger charge is -2.31. The van der Waals surface area contributed by atoms with E-state index in [2.05, 4.69) is 20.7 Å². The van der Waals surface area contributed by atoms with E-state index in [4.69, 9.17) is 4.74 Å². The molecule has 2 amide bonds. The maximum Gasteiger partial charge on any atom is 0.417 e. The van der Waals surface area contributed by atoms with Gasteiger partial charge in [-0.3, -0.25) is 14.3 Å². The molecule has 3 atom stereocenters. The predicted molar refractivity (Wildman–Crippen MR) is 138 cm³/mol. The van der Waals surface area contributed by atoms with Crippen LogP contribution in [0.15, 0.2) is 48.9 Å². The van der Waals surface area contributed by atoms with Crippen LogP contribution in [0.2, 0.25) is 0 Å². The van der Waals surface area contributed by atoms with Gasteiger partial charge in [0.2, 0.25) is 11.8 Å². The van der Waals surface area contributed by atoms with Crippen molar-refractivity contribution in [2.24, 2.45) is 13.0 Å². The summed E-state index contributed by atoms with van der Waals surface area (Å²) < 4.78 is 60.8. The summed E-state index contributed by atoms with van der Waals surface area (Å²) >= 11 is 0. The van der Waals surface area contributed by atoms with Gasteiger partial charge in [0.15, 0.2) is 0 Å². The summed E-state index contributed by atoms with van der Waals surface area (Å²) in [5.74, 6) is -0.998. The highest BCUT2D eigenvalue weighted by Crippen LogP contribution is 2.39. The zero-order chi connectivity index (χ0) is 28.4. The second-order valence-corrected chi connectivity index (χ2v) is 10.0. The van der Waals surface area contributed by atoms with Crippen molar-refractivity contribution in [1.29, 1.82) is 0 Å². The molecule has 1 aliphatic heterocycles. The number of nitrogens with zero attached hydrogens (tertiary/aromatic N) is 4. The maximum atomic E-state index is 13.8. The molecule has 2 aromatic heterocycles. The minimum Gasteiger partial charge on any atom is -0.474 e. The Morgan fingerprint density at radius 3 is 2.73 bits per heavy atom. The summed E-state index contributed by atoms with van der Waals surface area (Å²) in [6.07, 6.45) is -0.0649. The van der Waals surface area contributed by atoms with Gasteiger partial charge in [0.05, 0.1) is 24.0 Å². The third-order valence-corrected chi connectivity index (χ3v) is 7.06. The summed E-state index contributed by atoms with van der Waals surface area (Å²) in [4.78, 5) is 31.9. The van der Waals surface area contributed by atoms with Gasteiger partial charge in [-0.25, -0.2) is 9.37 Å². The molecule has 5 rings (SSSR count). The molecule has 1 aliphatic carbocycles. The largest absolute Gasteiger partial charge is 0.474 e. The molecular formula is C27H28F4N6O3. The third-order valence-electron chi connectivity index (χ3n) is 7.06. The zero-order valence-electron chi connectivity index (χ0n) is 21.6. The molecule has 2 N–H and O–H groups in total. The fourth-order valence-corrected chi connectivity index (χ4v) is 5.09. The minimum atomic E-state index is -4.58. The number of rotatable bonds is 7. The Bertz CT molecular complexity index is 1390. The van der Waals surface area contributed by atoms with Crippen LogP contribution in [-0.4, -0.2) is 51.9 Å². The van der Waals surface area contributed by atoms with Crippen molar-refractivity contribution in [3.8, 4) is 5.88 Å². The molecule has 2 unspecified atom stereocenters. The van der Waals surface area contributed by atoms with Gasteiger partial charge in [-0.15, -0.1) is 0 Å². The fraction of sp³-hybridized carbons (Fsp3) is 0.407. The fourth-order valence-electron chi connectivity index (χ4n) is 5.09. The number of hydrogen-bond donors (Lipinski definition) is 2. The number of hydrogen-bond acceptors (Lipinski definition) is 6. The molecule has 9 nitrogen and oxygen atoms in total. The van der Waals surface area contributed by atoms with Crippen LogP contribution in [-0.2, 0) is 18.0 Å². The highest BCUT2D eigenvalue weighted by Gasteiger charge is 2.34. The molecule has 0 radical (unpaired) electrons. The number of carbonyl (C=O) groups is 2. The Morgan fingerprint density at radius 1 is 1.20 bits per heavy atom. The van der Waals surface area contributed by atoms with Crippen LogP contribution in [0.1, 0.15) is 41.6 Å². The van der Waals surface area contributed by atoms with Crippen molar-refractivity contribution in [3.63, 3.8) is 0 Å². The number of alkyl halides is 4. The smallest absolute Gasteiger partial charge is 0.417 e. The molecule has 40 heavy (non-hydrogen) atoms. The average molecular weight is 561 g/mol. The second-order valence-electron chi connectivity index (χ2n) is 10.0. The monoisotopic (exact) mass is 560 g/mol. The summed E-state index contributed by atoms with van der Waals surface area (Å²) in [7, 11) is 1.70. The molecule has 1 fully saturated rings. The number of aryl methyl sites for hydroxylation is 1. The number of carbonyl (C=O) groups excluding carboxylic acids is 2. The molecule has 3 aromatic rings. The zero-order valence-corrected chi connectivity index (χ0v) is 21.6. The Morgan fingerprint density at radius 2 is 2.02 bits per heavy atom. The quantitative estimate of drug-likeness (QED) is 0.409. The Hall–Kier alpha value is -4.16. The van der Waals surface area contributed by atoms with Gasteiger partial charge in [0, 0.05) is 30.7 Å². The van der Waals surface area contributed by atoms with Gasteiger partial charge in [-0.05, 0) is 55.9 Å². The first kappa shape index (κ1) is 27.4. The lowest BCUT2D eigenvalue weighted by molar-refractivity contribution is -0.137. The maximum absolute atomic E-state index is 13.8. The van der Waals surface area contributed by atoms with E-state index in [9.17, 15) is 27.2 Å². The Balaban J connectivity index is 1.36. The number of pyridine rings is 1. The number of fused-ring (bicyclic) bond motifs is 1. The lowest BCUT2D eigenvalue weighted by atomic mass is 9.97. The van der Waals surface area contributed by atoms with Crippen LogP contribution >= 0.6 is 0 Å². The molecule has 0 spiro atoms. The Labute approximate surface area is 227 Å². The van der Waals surface area contributed by atoms with Gasteiger partial charge in [0.25, 0.3) is 5.91 Å². The SMILES string of the molecule is Cn1cc(NC(=O)[C@H](CC2CCC(F)C2)NC(=O)c2cccc(N3CCOc4ncc(C(F)(F)F)cc43)c2)cn1. The third kappa shape index (κ3) is 6.18. The average Bonchev–Trinajstić information content (AvgIpc) is 3.53. The van der Waals surface area contributed by atoms with Crippen molar-refractivity contribution >= 4 is 28.9 Å². The van der Waals surface area contributed by atoms with Crippen molar-refractivity contribution < 1.29 is 31.9 Å². The van der Waals surface area contributed by atoms with E-state index in [1.54, 1.807) is 36.3 Å². The van der Waals surface area contributed by atoms with Crippen LogP contribution in [0.5, 0.6) is 5.88 Å². The van der Waals surface area contributed by atoms with Crippen LogP contribution in [0, 0.1) is 5.92 Å². The number of anilines is 3. The first-order chi connectivity index (χ1) is 19.1. The first-order valence-electron chi connectivity index (χ1n) is 12.9. The first-order valence-corrected chi connectivity index (χ1v) is 12.9. The molecule has 1 aromatic carbocycles. The Kier molecular flexibility index (Phi) is 7.63. The number of ether oxygens (including phenoxy) is 1. The normalized spacial score (nSPS) is 19.5. The van der Waals surface area contributed by atoms with Gasteiger partial charge in [-0.2, -0.15) is 18.3 Å². The van der Waals surface area contributed by atoms with Gasteiger partial charge >= 0.3 is 6.18 Å². The number of halogens is 4. The highest BCUT2D eigenvalue weighted by atomic mass is 19.4. The van der Waals surface area contributed by atoms with E-state index in [0.29, 0.717) is 30.6 Å². The van der Waals surface area contributed by atoms with E-state index in [-0.39, 0.29) is 42.6 Å². The second kappa shape index (κ2) is 11.1. The molecule has 1 saturated carbocycles. The summed E-state index contributed by atoms with van der Waals surface area (Å²) in [5, 5.41) is 9.54. The molecule has 13 heteroatoms. The van der Waals surface area contributed by atoms with E-state index in [1.165, 1.54) is 16.9 Å². The summed E-state index contributed by atoms with van der Waals surface area (Å²) in [6.45, 7) is 0.429. The standard InChI is InChI=1S/C27H28F4N6O3/c1-36-15-20(14-33-36)34-25(39)22(10-16-5-6-19(28)9-16)35-24(38)17-3-2-4-21(11-17)37-7-8-40-26-23(37)12-18(13-32-26)27(29,30)31/h2-4,11-16,19,22H,5-10H2,1H3,(H,34,39)(H,35,38)/t16?,19?,22-/m0/s1. The van der Waals surface area contributed by atoms with Crippen molar-refractivity contribution in [2.45, 2.75) is 44.1 Å². The molecule has 0 saturated heterocycles. The van der Waals surface area contributed by atoms with Crippen LogP contribution in [0.4, 0.5) is 34.6 Å². The molecular weight excluding hydrogens is 532 g/mol. The van der Waals surface area contributed by atoms with E-state index < -0.39 is 35.8 Å². The van der Waals surface area contributed by atoms with Crippen LogP contribution in [0.25, 0.3) is 0 Å². The highest BCUT2D eigenvalue weighted by molar-refractivity contribution is 6.01. The number of benzene rings is 1. The van der Waals surface area contributed by atoms with E-state index >= 15 is 0 Å². The van der Waals surface area contributed by atoms with Crippen LogP contribution in [0.3, 0.4) is 0 Å². The van der Waals surface area contributed by atoms with Crippen LogP contribution < -0.4 is 20.3 Å². The van der Waals surface area contributed by atoms with Crippen molar-refractivity contribution in [1.82, 2.24) is 20.1 Å². The summed E-state index contributed by atoms with van der Waals surface area (Å²) in [5.41, 5.74) is 0.349. The minimum absolute atomic E-state index is 0.0592. The predicted octanol–water partition coefficient (Wildman–Crippen LogP) is 4.63. The molecule has 3 heterocycles. The summed E-state index contributed by atoms with van der Waals surface area (Å²) in [6, 6.07) is 6.39. The van der Waals surface area contributed by atoms with Crippen molar-refractivity contribution in [2.75, 3.05) is 23.4 Å². The van der Waals surface area contributed by atoms with E-state index in [0.717, 1.165) is 12.3 Å². The molecule has 212 valence electrons. The number of amides is 2. The topological polar surface area (TPSA) is 101 Å². The molecule has 0 bridgehead atoms. The van der Waals surface area contributed by atoms with Crippen molar-refractivity contribution in [3.05, 3.63) is 60.0 Å². The van der Waals surface area contributed by atoms with Gasteiger partial charge < -0.3 is 20.3 Å². The number of aromatic nitrogens is 3. The number of nitrogens with one attached hydrogen (secondary N) is 2. The van der Waals surface area contributed by atoms with Gasteiger partial charge in [0.1, 0.15) is 24.5 Å². The van der Waals surface area contributed by atoms with E-state index in [1.807, 2.05) is 0 Å².